The number of anilines is 2. The third-order valence-corrected chi connectivity index (χ3v) is 3.38. The highest BCUT2D eigenvalue weighted by Gasteiger charge is 2.16. The van der Waals surface area contributed by atoms with Crippen LogP contribution in [0.15, 0.2) is 18.2 Å². The van der Waals surface area contributed by atoms with Gasteiger partial charge in [-0.25, -0.2) is 0 Å². The van der Waals surface area contributed by atoms with Gasteiger partial charge in [0.15, 0.2) is 0 Å². The van der Waals surface area contributed by atoms with Crippen LogP contribution < -0.4 is 10.6 Å². The van der Waals surface area contributed by atoms with E-state index in [0.717, 1.165) is 25.3 Å². The summed E-state index contributed by atoms with van der Waals surface area (Å²) in [6, 6.07) is 6.20. The van der Waals surface area contributed by atoms with Crippen molar-refractivity contribution in [2.24, 2.45) is 0 Å². The molecule has 1 heterocycles. The Bertz CT molecular complexity index is 360. The van der Waals surface area contributed by atoms with Crippen molar-refractivity contribution in [2.75, 3.05) is 43.4 Å². The number of likely N-dealkylation sites (N-methyl/N-ethyl adjacent to an activating group) is 1. The van der Waals surface area contributed by atoms with E-state index in [2.05, 4.69) is 35.8 Å². The SMILES string of the molecule is CCN1CCN(c2ccc(N)cc2C)CC1.Cl. The molecule has 4 heteroatoms. The molecule has 1 aliphatic heterocycles. The lowest BCUT2D eigenvalue weighted by Gasteiger charge is -2.36. The van der Waals surface area contributed by atoms with E-state index in [1.54, 1.807) is 0 Å². The molecule has 96 valence electrons. The average molecular weight is 256 g/mol. The van der Waals surface area contributed by atoms with Crippen LogP contribution in [0.25, 0.3) is 0 Å². The van der Waals surface area contributed by atoms with Crippen LogP contribution in [-0.4, -0.2) is 37.6 Å². The molecule has 0 atom stereocenters. The molecule has 1 aromatic rings. The summed E-state index contributed by atoms with van der Waals surface area (Å²) in [6.45, 7) is 10.1. The fourth-order valence-electron chi connectivity index (χ4n) is 2.34. The standard InChI is InChI=1S/C13H21N3.ClH/c1-3-15-6-8-16(9-7-15)13-5-4-12(14)10-11(13)2;/h4-5,10H,3,6-9,14H2,1-2H3;1H. The smallest absolute Gasteiger partial charge is 0.0398 e. The molecular weight excluding hydrogens is 234 g/mol. The van der Waals surface area contributed by atoms with Gasteiger partial charge >= 0.3 is 0 Å². The van der Waals surface area contributed by atoms with E-state index in [4.69, 9.17) is 5.73 Å². The third-order valence-electron chi connectivity index (χ3n) is 3.38. The maximum absolute atomic E-state index is 5.77. The molecule has 0 radical (unpaired) electrons. The Morgan fingerprint density at radius 2 is 1.82 bits per heavy atom. The zero-order valence-corrected chi connectivity index (χ0v) is 11.5. The lowest BCUT2D eigenvalue weighted by atomic mass is 10.1. The number of halogens is 1. The Hall–Kier alpha value is -0.930. The Morgan fingerprint density at radius 1 is 1.18 bits per heavy atom. The van der Waals surface area contributed by atoms with E-state index in [9.17, 15) is 0 Å². The molecule has 1 fully saturated rings. The predicted molar refractivity (Wildman–Crippen MR) is 77.2 cm³/mol. The Kier molecular flexibility index (Phi) is 5.09. The van der Waals surface area contributed by atoms with Crippen LogP contribution in [0.2, 0.25) is 0 Å². The number of hydrogen-bond donors (Lipinski definition) is 1. The Morgan fingerprint density at radius 3 is 2.35 bits per heavy atom. The predicted octanol–water partition coefficient (Wildman–Crippen LogP) is 2.14. The van der Waals surface area contributed by atoms with E-state index in [1.807, 2.05) is 6.07 Å². The van der Waals surface area contributed by atoms with E-state index < -0.39 is 0 Å². The minimum Gasteiger partial charge on any atom is -0.399 e. The van der Waals surface area contributed by atoms with Gasteiger partial charge in [-0.15, -0.1) is 12.4 Å². The number of piperazine rings is 1. The Labute approximate surface area is 110 Å². The zero-order chi connectivity index (χ0) is 11.5. The maximum atomic E-state index is 5.77. The number of nitrogen functional groups attached to an aromatic ring is 1. The highest BCUT2D eigenvalue weighted by atomic mass is 35.5. The van der Waals surface area contributed by atoms with Gasteiger partial charge in [0.05, 0.1) is 0 Å². The van der Waals surface area contributed by atoms with Crippen molar-refractivity contribution in [1.82, 2.24) is 4.90 Å². The van der Waals surface area contributed by atoms with E-state index in [1.165, 1.54) is 24.3 Å². The van der Waals surface area contributed by atoms with Crippen molar-refractivity contribution in [3.8, 4) is 0 Å². The van der Waals surface area contributed by atoms with E-state index in [-0.39, 0.29) is 12.4 Å². The van der Waals surface area contributed by atoms with E-state index in [0.29, 0.717) is 0 Å². The van der Waals surface area contributed by atoms with Crippen LogP contribution in [0.4, 0.5) is 11.4 Å². The van der Waals surface area contributed by atoms with Gasteiger partial charge in [0.2, 0.25) is 0 Å². The summed E-state index contributed by atoms with van der Waals surface area (Å²) in [4.78, 5) is 4.95. The molecule has 3 nitrogen and oxygen atoms in total. The van der Waals surface area contributed by atoms with Crippen molar-refractivity contribution in [3.63, 3.8) is 0 Å². The van der Waals surface area contributed by atoms with Gasteiger partial charge in [0.25, 0.3) is 0 Å². The first kappa shape index (κ1) is 14.1. The van der Waals surface area contributed by atoms with E-state index >= 15 is 0 Å². The summed E-state index contributed by atoms with van der Waals surface area (Å²) >= 11 is 0. The van der Waals surface area contributed by atoms with Crippen molar-refractivity contribution in [1.29, 1.82) is 0 Å². The number of hydrogen-bond acceptors (Lipinski definition) is 3. The van der Waals surface area contributed by atoms with Crippen LogP contribution in [0.5, 0.6) is 0 Å². The maximum Gasteiger partial charge on any atom is 0.0398 e. The van der Waals surface area contributed by atoms with Crippen LogP contribution in [0, 0.1) is 6.92 Å². The molecule has 1 aromatic carbocycles. The lowest BCUT2D eigenvalue weighted by Crippen LogP contribution is -2.46. The molecule has 0 unspecified atom stereocenters. The van der Waals surface area contributed by atoms with Crippen LogP contribution in [-0.2, 0) is 0 Å². The Balaban J connectivity index is 0.00000144. The molecule has 0 saturated carbocycles. The van der Waals surface area contributed by atoms with Crippen molar-refractivity contribution in [3.05, 3.63) is 23.8 Å². The molecule has 0 aromatic heterocycles. The summed E-state index contributed by atoms with van der Waals surface area (Å²) < 4.78 is 0. The summed E-state index contributed by atoms with van der Waals surface area (Å²) in [5, 5.41) is 0. The normalized spacial score (nSPS) is 16.7. The molecule has 2 N–H and O–H groups in total. The second-order valence-corrected chi connectivity index (χ2v) is 4.47. The molecule has 0 aliphatic carbocycles. The second kappa shape index (κ2) is 6.12. The van der Waals surface area contributed by atoms with Gasteiger partial charge in [-0.3, -0.25) is 0 Å². The molecule has 0 bridgehead atoms. The summed E-state index contributed by atoms with van der Waals surface area (Å²) in [5.41, 5.74) is 9.25. The zero-order valence-electron chi connectivity index (χ0n) is 10.6. The molecular formula is C13H22ClN3. The highest BCUT2D eigenvalue weighted by molar-refractivity contribution is 5.85. The number of aryl methyl sites for hydroxylation is 1. The summed E-state index contributed by atoms with van der Waals surface area (Å²) in [7, 11) is 0. The molecule has 0 amide bonds. The first-order chi connectivity index (χ1) is 7.70. The van der Waals surface area contributed by atoms with Gasteiger partial charge in [-0.1, -0.05) is 6.92 Å². The van der Waals surface area contributed by atoms with Gasteiger partial charge in [0.1, 0.15) is 0 Å². The van der Waals surface area contributed by atoms with Crippen molar-refractivity contribution >= 4 is 23.8 Å². The average Bonchev–Trinajstić information content (AvgIpc) is 2.29. The highest BCUT2D eigenvalue weighted by Crippen LogP contribution is 2.23. The minimum atomic E-state index is 0. The first-order valence-corrected chi connectivity index (χ1v) is 6.04. The summed E-state index contributed by atoms with van der Waals surface area (Å²) in [6.07, 6.45) is 0. The number of rotatable bonds is 2. The van der Waals surface area contributed by atoms with Crippen LogP contribution >= 0.6 is 12.4 Å². The molecule has 1 aliphatic rings. The van der Waals surface area contributed by atoms with Gasteiger partial charge in [-0.05, 0) is 37.2 Å². The van der Waals surface area contributed by atoms with Crippen LogP contribution in [0.3, 0.4) is 0 Å². The fraction of sp³-hybridized carbons (Fsp3) is 0.538. The summed E-state index contributed by atoms with van der Waals surface area (Å²) in [5.74, 6) is 0. The molecule has 0 spiro atoms. The van der Waals surface area contributed by atoms with Crippen molar-refractivity contribution < 1.29 is 0 Å². The van der Waals surface area contributed by atoms with Gasteiger partial charge < -0.3 is 15.5 Å². The molecule has 2 rings (SSSR count). The molecule has 1 saturated heterocycles. The lowest BCUT2D eigenvalue weighted by molar-refractivity contribution is 0.271. The van der Waals surface area contributed by atoms with Gasteiger partial charge in [0, 0.05) is 37.6 Å². The monoisotopic (exact) mass is 255 g/mol. The minimum absolute atomic E-state index is 0. The second-order valence-electron chi connectivity index (χ2n) is 4.47. The fourth-order valence-corrected chi connectivity index (χ4v) is 2.34. The largest absolute Gasteiger partial charge is 0.399 e. The quantitative estimate of drug-likeness (QED) is 0.822. The first-order valence-electron chi connectivity index (χ1n) is 6.04. The van der Waals surface area contributed by atoms with Crippen LogP contribution in [0.1, 0.15) is 12.5 Å². The number of nitrogens with zero attached hydrogens (tertiary/aromatic N) is 2. The molecule has 17 heavy (non-hydrogen) atoms. The van der Waals surface area contributed by atoms with Crippen molar-refractivity contribution in [2.45, 2.75) is 13.8 Å². The van der Waals surface area contributed by atoms with Gasteiger partial charge in [-0.2, -0.15) is 0 Å². The third kappa shape index (κ3) is 3.27. The topological polar surface area (TPSA) is 32.5 Å². The number of benzene rings is 1. The number of nitrogens with two attached hydrogens (primary N) is 1.